The molecule has 212 valence electrons. The van der Waals surface area contributed by atoms with E-state index in [1.165, 1.54) is 179 Å². The van der Waals surface area contributed by atoms with Crippen LogP contribution in [0.25, 0.3) is 0 Å². The first-order valence-electron chi connectivity index (χ1n) is 16.3. The van der Waals surface area contributed by atoms with Gasteiger partial charge in [-0.2, -0.15) is 0 Å². The minimum absolute atomic E-state index is 0. The third-order valence-electron chi connectivity index (χ3n) is 7.80. The highest BCUT2D eigenvalue weighted by atomic mass is 35.5. The average Bonchev–Trinajstić information content (AvgIpc) is 2.88. The van der Waals surface area contributed by atoms with Crippen LogP contribution in [0.2, 0.25) is 0 Å². The van der Waals surface area contributed by atoms with E-state index < -0.39 is 0 Å². The van der Waals surface area contributed by atoms with Crippen molar-refractivity contribution in [2.24, 2.45) is 0 Å². The summed E-state index contributed by atoms with van der Waals surface area (Å²) in [5, 5.41) is 0. The lowest BCUT2D eigenvalue weighted by molar-refractivity contribution is -0.697. The van der Waals surface area contributed by atoms with Crippen LogP contribution < -0.4 is 17.0 Å². The van der Waals surface area contributed by atoms with Gasteiger partial charge in [0, 0.05) is 18.6 Å². The third kappa shape index (κ3) is 23.8. The first-order valence-corrected chi connectivity index (χ1v) is 16.3. The van der Waals surface area contributed by atoms with Crippen molar-refractivity contribution in [2.75, 3.05) is 0 Å². The van der Waals surface area contributed by atoms with Crippen LogP contribution in [0.4, 0.5) is 0 Å². The van der Waals surface area contributed by atoms with E-state index in [-0.39, 0.29) is 12.4 Å². The molecule has 0 N–H and O–H groups in total. The molecule has 0 aliphatic carbocycles. The molecule has 0 radical (unpaired) electrons. The van der Waals surface area contributed by atoms with Gasteiger partial charge in [0.2, 0.25) is 0 Å². The summed E-state index contributed by atoms with van der Waals surface area (Å²) in [7, 11) is 0. The van der Waals surface area contributed by atoms with Gasteiger partial charge in [-0.15, -0.1) is 0 Å². The van der Waals surface area contributed by atoms with E-state index >= 15 is 0 Å². The second kappa shape index (κ2) is 29.0. The molecule has 0 saturated carbocycles. The van der Waals surface area contributed by atoms with Gasteiger partial charge >= 0.3 is 0 Å². The van der Waals surface area contributed by atoms with Crippen molar-refractivity contribution in [3.8, 4) is 0 Å². The summed E-state index contributed by atoms with van der Waals surface area (Å²) < 4.78 is 2.39. The molecule has 1 nitrogen and oxygen atoms in total. The highest BCUT2D eigenvalue weighted by Crippen LogP contribution is 2.14. The molecule has 0 amide bonds. The first-order chi connectivity index (χ1) is 17.4. The highest BCUT2D eigenvalue weighted by molar-refractivity contribution is 5.07. The molecule has 0 spiro atoms. The number of aryl methyl sites for hydroxylation is 2. The van der Waals surface area contributed by atoms with E-state index in [2.05, 4.69) is 42.9 Å². The largest absolute Gasteiger partial charge is 1.00 e. The molecule has 0 aliphatic rings. The van der Waals surface area contributed by atoms with Crippen LogP contribution in [0.15, 0.2) is 24.5 Å². The number of aromatic nitrogens is 1. The summed E-state index contributed by atoms with van der Waals surface area (Å²) in [4.78, 5) is 0. The zero-order valence-corrected chi connectivity index (χ0v) is 25.5. The molecule has 1 aromatic rings. The van der Waals surface area contributed by atoms with Gasteiger partial charge in [-0.05, 0) is 24.8 Å². The standard InChI is InChI=1S/C34H64N.ClH/c1-3-5-7-9-11-13-15-17-18-20-22-24-26-28-34-29-32-35(33-30-34)31-27-25-23-21-19-16-14-12-10-8-6-4-2;/h29-30,32-33H,3-28,31H2,1-2H3;1H/q+1;/p-1. The molecule has 1 rings (SSSR count). The summed E-state index contributed by atoms with van der Waals surface area (Å²) in [6.07, 6.45) is 41.7. The lowest BCUT2D eigenvalue weighted by Crippen LogP contribution is -3.00. The molecule has 0 unspecified atom stereocenters. The van der Waals surface area contributed by atoms with Gasteiger partial charge in [-0.25, -0.2) is 4.57 Å². The average molecular weight is 522 g/mol. The molecular weight excluding hydrogens is 458 g/mol. The van der Waals surface area contributed by atoms with E-state index in [4.69, 9.17) is 0 Å². The Labute approximate surface area is 234 Å². The molecule has 36 heavy (non-hydrogen) atoms. The zero-order chi connectivity index (χ0) is 25.1. The smallest absolute Gasteiger partial charge is 0.169 e. The van der Waals surface area contributed by atoms with E-state index in [0.29, 0.717) is 0 Å². The van der Waals surface area contributed by atoms with Crippen molar-refractivity contribution in [3.05, 3.63) is 30.1 Å². The Hall–Kier alpha value is -0.560. The molecule has 0 saturated heterocycles. The quantitative estimate of drug-likeness (QED) is 0.0809. The minimum atomic E-state index is 0. The van der Waals surface area contributed by atoms with Gasteiger partial charge in [-0.1, -0.05) is 155 Å². The Morgan fingerprint density at radius 2 is 0.722 bits per heavy atom. The van der Waals surface area contributed by atoms with Gasteiger partial charge in [0.05, 0.1) is 0 Å². The Morgan fingerprint density at radius 3 is 1.08 bits per heavy atom. The summed E-state index contributed by atoms with van der Waals surface area (Å²) in [5.41, 5.74) is 1.53. The second-order valence-corrected chi connectivity index (χ2v) is 11.3. The zero-order valence-electron chi connectivity index (χ0n) is 24.7. The van der Waals surface area contributed by atoms with Crippen molar-refractivity contribution in [3.63, 3.8) is 0 Å². The van der Waals surface area contributed by atoms with E-state index in [0.717, 1.165) is 0 Å². The van der Waals surface area contributed by atoms with Crippen molar-refractivity contribution < 1.29 is 17.0 Å². The number of halogens is 1. The molecule has 0 atom stereocenters. The third-order valence-corrected chi connectivity index (χ3v) is 7.80. The Kier molecular flexibility index (Phi) is 28.6. The fourth-order valence-electron chi connectivity index (χ4n) is 5.29. The topological polar surface area (TPSA) is 3.88 Å². The summed E-state index contributed by atoms with van der Waals surface area (Å²) in [6.45, 7) is 5.79. The maximum Gasteiger partial charge on any atom is 0.169 e. The molecule has 0 fully saturated rings. The molecule has 1 heterocycles. The molecule has 1 aromatic heterocycles. The van der Waals surface area contributed by atoms with E-state index in [1.807, 2.05) is 0 Å². The van der Waals surface area contributed by atoms with Crippen LogP contribution in [-0.2, 0) is 13.0 Å². The second-order valence-electron chi connectivity index (χ2n) is 11.3. The number of pyridine rings is 1. The van der Waals surface area contributed by atoms with E-state index in [9.17, 15) is 0 Å². The Bertz CT molecular complexity index is 526. The van der Waals surface area contributed by atoms with Crippen LogP contribution in [0.5, 0.6) is 0 Å². The maximum absolute atomic E-state index is 2.39. The first kappa shape index (κ1) is 35.4. The predicted octanol–water partition coefficient (Wildman–Crippen LogP) is 8.31. The molecule has 0 aromatic carbocycles. The predicted molar refractivity (Wildman–Crippen MR) is 157 cm³/mol. The van der Waals surface area contributed by atoms with Crippen LogP contribution >= 0.6 is 0 Å². The van der Waals surface area contributed by atoms with Crippen LogP contribution in [0.3, 0.4) is 0 Å². The molecule has 2 heteroatoms. The SMILES string of the molecule is CCCCCCCCCCCCCCCc1cc[n+](CCCCCCCCCCCCCC)cc1.[Cl-]. The highest BCUT2D eigenvalue weighted by Gasteiger charge is 2.02. The van der Waals surface area contributed by atoms with Gasteiger partial charge < -0.3 is 12.4 Å². The number of rotatable bonds is 27. The van der Waals surface area contributed by atoms with Gasteiger partial charge in [0.25, 0.3) is 0 Å². The lowest BCUT2D eigenvalue weighted by atomic mass is 10.0. The fourth-order valence-corrected chi connectivity index (χ4v) is 5.29. The maximum atomic E-state index is 2.39. The number of hydrogen-bond donors (Lipinski definition) is 0. The van der Waals surface area contributed by atoms with Crippen molar-refractivity contribution in [2.45, 2.75) is 187 Å². The van der Waals surface area contributed by atoms with Crippen molar-refractivity contribution >= 4 is 0 Å². The Morgan fingerprint density at radius 1 is 0.417 bits per heavy atom. The number of unbranched alkanes of at least 4 members (excludes halogenated alkanes) is 23. The normalized spacial score (nSPS) is 11.1. The summed E-state index contributed by atoms with van der Waals surface area (Å²) in [6, 6.07) is 4.72. The molecular formula is C34H64ClN. The van der Waals surface area contributed by atoms with Gasteiger partial charge in [0.15, 0.2) is 12.4 Å². The monoisotopic (exact) mass is 521 g/mol. The van der Waals surface area contributed by atoms with Crippen molar-refractivity contribution in [1.29, 1.82) is 0 Å². The van der Waals surface area contributed by atoms with Crippen LogP contribution in [0, 0.1) is 0 Å². The van der Waals surface area contributed by atoms with E-state index in [1.54, 1.807) is 0 Å². The van der Waals surface area contributed by atoms with Crippen LogP contribution in [-0.4, -0.2) is 0 Å². The van der Waals surface area contributed by atoms with Gasteiger partial charge in [-0.3, -0.25) is 0 Å². The van der Waals surface area contributed by atoms with Crippen molar-refractivity contribution in [1.82, 2.24) is 0 Å². The summed E-state index contributed by atoms with van der Waals surface area (Å²) in [5.74, 6) is 0. The lowest BCUT2D eigenvalue weighted by Gasteiger charge is -2.04. The summed E-state index contributed by atoms with van der Waals surface area (Å²) >= 11 is 0. The number of hydrogen-bond acceptors (Lipinski definition) is 0. The fraction of sp³-hybridized carbons (Fsp3) is 0.853. The molecule has 0 bridgehead atoms. The molecule has 0 aliphatic heterocycles. The van der Waals surface area contributed by atoms with Gasteiger partial charge in [0.1, 0.15) is 6.54 Å². The Balaban J connectivity index is 0.0000122. The number of nitrogens with zero attached hydrogens (tertiary/aromatic N) is 1. The van der Waals surface area contributed by atoms with Crippen LogP contribution in [0.1, 0.15) is 180 Å². The minimum Gasteiger partial charge on any atom is -1.00 e.